The van der Waals surface area contributed by atoms with E-state index in [1.807, 2.05) is 41.8 Å². The van der Waals surface area contributed by atoms with Crippen molar-refractivity contribution in [2.24, 2.45) is 5.10 Å². The summed E-state index contributed by atoms with van der Waals surface area (Å²) in [6.07, 6.45) is 1.63. The fraction of sp³-hybridized carbons (Fsp3) is 0. The third-order valence-corrected chi connectivity index (χ3v) is 3.79. The predicted octanol–water partition coefficient (Wildman–Crippen LogP) is 2.82. The molecule has 0 fully saturated rings. The van der Waals surface area contributed by atoms with Gasteiger partial charge in [0.2, 0.25) is 5.95 Å². The van der Waals surface area contributed by atoms with Crippen molar-refractivity contribution in [1.82, 2.24) is 9.97 Å². The fourth-order valence-corrected chi connectivity index (χ4v) is 2.54. The second-order valence-electron chi connectivity index (χ2n) is 4.50. The van der Waals surface area contributed by atoms with E-state index in [9.17, 15) is 10.1 Å². The Morgan fingerprint density at radius 1 is 1.26 bits per heavy atom. The number of aromatic nitrogens is 2. The van der Waals surface area contributed by atoms with Crippen molar-refractivity contribution in [3.8, 4) is 17.3 Å². The van der Waals surface area contributed by atoms with Crippen molar-refractivity contribution in [2.75, 3.05) is 5.43 Å². The predicted molar refractivity (Wildman–Crippen MR) is 90.5 cm³/mol. The molecule has 0 aliphatic carbocycles. The molecule has 2 heterocycles. The molecule has 0 atom stereocenters. The van der Waals surface area contributed by atoms with Crippen molar-refractivity contribution >= 4 is 23.5 Å². The van der Waals surface area contributed by atoms with Crippen LogP contribution in [0.5, 0.6) is 0 Å². The van der Waals surface area contributed by atoms with Gasteiger partial charge in [-0.15, -0.1) is 11.3 Å². The van der Waals surface area contributed by atoms with Gasteiger partial charge in [-0.2, -0.15) is 10.4 Å². The maximum atomic E-state index is 12.0. The summed E-state index contributed by atoms with van der Waals surface area (Å²) in [6.45, 7) is 0. The van der Waals surface area contributed by atoms with E-state index in [0.717, 1.165) is 4.88 Å². The molecule has 3 rings (SSSR count). The van der Waals surface area contributed by atoms with Crippen LogP contribution in [-0.2, 0) is 0 Å². The summed E-state index contributed by atoms with van der Waals surface area (Å²) in [4.78, 5) is 19.8. The highest BCUT2D eigenvalue weighted by Crippen LogP contribution is 2.19. The molecular formula is C16H11N5OS. The molecule has 112 valence electrons. The first-order chi connectivity index (χ1) is 11.3. The van der Waals surface area contributed by atoms with E-state index in [4.69, 9.17) is 0 Å². The molecule has 0 bridgehead atoms. The number of H-pyrrole nitrogens is 1. The van der Waals surface area contributed by atoms with Crippen LogP contribution in [0.1, 0.15) is 10.4 Å². The number of nitrogens with zero attached hydrogens (tertiary/aromatic N) is 3. The number of nitriles is 1. The molecule has 0 amide bonds. The first-order valence-corrected chi connectivity index (χ1v) is 7.58. The average Bonchev–Trinajstić information content (AvgIpc) is 3.08. The summed E-state index contributed by atoms with van der Waals surface area (Å²) < 4.78 is 0. The van der Waals surface area contributed by atoms with E-state index in [-0.39, 0.29) is 11.5 Å². The van der Waals surface area contributed by atoms with Gasteiger partial charge < -0.3 is 0 Å². The lowest BCUT2D eigenvalue weighted by Gasteiger charge is -2.05. The monoisotopic (exact) mass is 321 g/mol. The summed E-state index contributed by atoms with van der Waals surface area (Å²) in [5, 5.41) is 15.2. The van der Waals surface area contributed by atoms with E-state index >= 15 is 0 Å². The normalized spacial score (nSPS) is 10.6. The van der Waals surface area contributed by atoms with Crippen LogP contribution in [0.15, 0.2) is 57.7 Å². The molecule has 0 aliphatic heterocycles. The molecule has 1 aromatic carbocycles. The van der Waals surface area contributed by atoms with E-state index < -0.39 is 5.56 Å². The Kier molecular flexibility index (Phi) is 4.27. The lowest BCUT2D eigenvalue weighted by Crippen LogP contribution is -2.16. The van der Waals surface area contributed by atoms with Crippen LogP contribution in [0.3, 0.4) is 0 Å². The quantitative estimate of drug-likeness (QED) is 0.570. The molecule has 2 N–H and O–H groups in total. The van der Waals surface area contributed by atoms with Gasteiger partial charge in [-0.3, -0.25) is 9.78 Å². The molecule has 0 unspecified atom stereocenters. The topological polar surface area (TPSA) is 93.9 Å². The minimum atomic E-state index is -0.504. The lowest BCUT2D eigenvalue weighted by atomic mass is 10.1. The minimum absolute atomic E-state index is 0.0241. The number of aromatic amines is 1. The molecule has 7 heteroatoms. The molecular weight excluding hydrogens is 310 g/mol. The standard InChI is InChI=1S/C16H11N5OS/c17-9-13-14(11-5-2-1-3-6-11)19-16(20-15(13)22)21-18-10-12-7-4-8-23-12/h1-8,10H,(H2,19,20,21,22)/b18-10-. The summed E-state index contributed by atoms with van der Waals surface area (Å²) in [7, 11) is 0. The SMILES string of the molecule is N#Cc1c(-c2ccccc2)nc(N/N=C\c2cccs2)[nH]c1=O. The largest absolute Gasteiger partial charge is 0.290 e. The smallest absolute Gasteiger partial charge is 0.270 e. The van der Waals surface area contributed by atoms with E-state index in [2.05, 4.69) is 20.5 Å². The Hall–Kier alpha value is -3.24. The zero-order valence-corrected chi connectivity index (χ0v) is 12.7. The van der Waals surface area contributed by atoms with Crippen LogP contribution < -0.4 is 11.0 Å². The van der Waals surface area contributed by atoms with Crippen LogP contribution in [0.4, 0.5) is 5.95 Å². The highest BCUT2D eigenvalue weighted by atomic mass is 32.1. The number of hydrogen-bond donors (Lipinski definition) is 2. The van der Waals surface area contributed by atoms with E-state index in [1.165, 1.54) is 0 Å². The van der Waals surface area contributed by atoms with E-state index in [0.29, 0.717) is 11.3 Å². The zero-order chi connectivity index (χ0) is 16.1. The average molecular weight is 321 g/mol. The molecule has 6 nitrogen and oxygen atoms in total. The van der Waals surface area contributed by atoms with Crippen LogP contribution in [0.2, 0.25) is 0 Å². The number of nitrogens with one attached hydrogen (secondary N) is 2. The molecule has 0 radical (unpaired) electrons. The summed E-state index contributed by atoms with van der Waals surface area (Å²) in [5.74, 6) is 0.181. The van der Waals surface area contributed by atoms with Crippen molar-refractivity contribution < 1.29 is 0 Å². The second kappa shape index (κ2) is 6.68. The number of hydrogen-bond acceptors (Lipinski definition) is 6. The fourth-order valence-electron chi connectivity index (χ4n) is 1.96. The van der Waals surface area contributed by atoms with Crippen molar-refractivity contribution in [3.63, 3.8) is 0 Å². The first kappa shape index (κ1) is 14.7. The Bertz CT molecular complexity index is 923. The van der Waals surface area contributed by atoms with Gasteiger partial charge in [-0.25, -0.2) is 10.4 Å². The number of rotatable bonds is 4. The molecule has 0 saturated heterocycles. The van der Waals surface area contributed by atoms with Crippen molar-refractivity contribution in [1.29, 1.82) is 5.26 Å². The van der Waals surface area contributed by atoms with Gasteiger partial charge in [0.25, 0.3) is 5.56 Å². The summed E-state index contributed by atoms with van der Waals surface area (Å²) in [5.41, 5.74) is 3.18. The Morgan fingerprint density at radius 3 is 2.78 bits per heavy atom. The van der Waals surface area contributed by atoms with Gasteiger partial charge in [0, 0.05) is 10.4 Å². The molecule has 23 heavy (non-hydrogen) atoms. The van der Waals surface area contributed by atoms with Gasteiger partial charge in [0.15, 0.2) is 0 Å². The van der Waals surface area contributed by atoms with Gasteiger partial charge in [-0.1, -0.05) is 36.4 Å². The zero-order valence-electron chi connectivity index (χ0n) is 11.9. The molecule has 0 spiro atoms. The van der Waals surface area contributed by atoms with Crippen LogP contribution in [0.25, 0.3) is 11.3 Å². The lowest BCUT2D eigenvalue weighted by molar-refractivity contribution is 1.08. The third kappa shape index (κ3) is 3.33. The Morgan fingerprint density at radius 2 is 2.09 bits per heavy atom. The highest BCUT2D eigenvalue weighted by molar-refractivity contribution is 7.11. The summed E-state index contributed by atoms with van der Waals surface area (Å²) in [6, 6.07) is 14.8. The van der Waals surface area contributed by atoms with Crippen LogP contribution in [-0.4, -0.2) is 16.2 Å². The van der Waals surface area contributed by atoms with Crippen molar-refractivity contribution in [3.05, 3.63) is 68.6 Å². The number of anilines is 1. The summed E-state index contributed by atoms with van der Waals surface area (Å²) >= 11 is 1.54. The van der Waals surface area contributed by atoms with Gasteiger partial charge in [0.05, 0.1) is 11.9 Å². The highest BCUT2D eigenvalue weighted by Gasteiger charge is 2.12. The first-order valence-electron chi connectivity index (χ1n) is 6.70. The van der Waals surface area contributed by atoms with E-state index in [1.54, 1.807) is 29.7 Å². The molecule has 0 saturated carbocycles. The maximum Gasteiger partial charge on any atom is 0.270 e. The Balaban J connectivity index is 1.95. The van der Waals surface area contributed by atoms with Crippen LogP contribution in [0, 0.1) is 11.3 Å². The molecule has 3 aromatic rings. The number of hydrazone groups is 1. The van der Waals surface area contributed by atoms with Crippen molar-refractivity contribution in [2.45, 2.75) is 0 Å². The third-order valence-electron chi connectivity index (χ3n) is 2.98. The molecule has 2 aromatic heterocycles. The van der Waals surface area contributed by atoms with Gasteiger partial charge in [0.1, 0.15) is 11.6 Å². The minimum Gasteiger partial charge on any atom is -0.290 e. The second-order valence-corrected chi connectivity index (χ2v) is 5.48. The van der Waals surface area contributed by atoms with Crippen LogP contribution >= 0.6 is 11.3 Å². The maximum absolute atomic E-state index is 12.0. The van der Waals surface area contributed by atoms with Gasteiger partial charge in [-0.05, 0) is 11.4 Å². The number of thiophene rings is 1. The Labute approximate surface area is 135 Å². The molecule has 0 aliphatic rings. The number of benzene rings is 1. The van der Waals surface area contributed by atoms with Gasteiger partial charge >= 0.3 is 0 Å².